The van der Waals surface area contributed by atoms with Crippen LogP contribution < -0.4 is 0 Å². The van der Waals surface area contributed by atoms with E-state index in [-0.39, 0.29) is 11.6 Å². The van der Waals surface area contributed by atoms with Gasteiger partial charge in [-0.1, -0.05) is 6.08 Å². The summed E-state index contributed by atoms with van der Waals surface area (Å²) in [5.41, 5.74) is 0. The van der Waals surface area contributed by atoms with Gasteiger partial charge in [0.2, 0.25) is 0 Å². The lowest BCUT2D eigenvalue weighted by molar-refractivity contribution is -0.191. The molecule has 0 spiro atoms. The van der Waals surface area contributed by atoms with Crippen molar-refractivity contribution in [1.29, 1.82) is 0 Å². The van der Waals surface area contributed by atoms with Gasteiger partial charge in [-0.3, -0.25) is 0 Å². The Morgan fingerprint density at radius 2 is 1.57 bits per heavy atom. The molecule has 0 saturated carbocycles. The molecule has 0 atom stereocenters. The standard InChI is InChI=1S/C3H6.CO2.H2O/c1-3-2;2-1-3;/h3H,1H2,2H3;;1H2. The molecule has 3 nitrogen and oxygen atoms in total. The summed E-state index contributed by atoms with van der Waals surface area (Å²) in [6.45, 7) is 5.25. The Morgan fingerprint density at radius 3 is 1.57 bits per heavy atom. The average Bonchev–Trinajstić information content (AvgIpc) is 1.39. The van der Waals surface area contributed by atoms with E-state index in [1.165, 1.54) is 0 Å². The smallest absolute Gasteiger partial charge is 0.373 e. The SMILES string of the molecule is C=CC.O.O=C=O. The Hall–Kier alpha value is -0.920. The van der Waals surface area contributed by atoms with Gasteiger partial charge < -0.3 is 5.48 Å². The van der Waals surface area contributed by atoms with Crippen molar-refractivity contribution in [3.63, 3.8) is 0 Å². The van der Waals surface area contributed by atoms with Gasteiger partial charge in [0.25, 0.3) is 0 Å². The Balaban J connectivity index is -0.0000000400. The monoisotopic (exact) mass is 104 g/mol. The number of hydrogen-bond acceptors (Lipinski definition) is 2. The van der Waals surface area contributed by atoms with E-state index in [0.29, 0.717) is 0 Å². The molecule has 0 aromatic rings. The molecule has 42 valence electrons. The van der Waals surface area contributed by atoms with E-state index in [4.69, 9.17) is 9.59 Å². The summed E-state index contributed by atoms with van der Waals surface area (Å²) in [5.74, 6) is 0. The van der Waals surface area contributed by atoms with Crippen LogP contribution in [0.4, 0.5) is 0 Å². The summed E-state index contributed by atoms with van der Waals surface area (Å²) in [7, 11) is 0. The highest BCUT2D eigenvalue weighted by Crippen LogP contribution is 1.38. The molecule has 3 heteroatoms. The molecule has 0 aliphatic carbocycles. The first kappa shape index (κ1) is 16.5. The highest BCUT2D eigenvalue weighted by atomic mass is 16.2. The Kier molecular flexibility index (Phi) is 171. The summed E-state index contributed by atoms with van der Waals surface area (Å²) >= 11 is 0. The molecule has 0 unspecified atom stereocenters. The predicted molar refractivity (Wildman–Crippen MR) is 24.5 cm³/mol. The summed E-state index contributed by atoms with van der Waals surface area (Å²) in [6, 6.07) is 0. The van der Waals surface area contributed by atoms with Gasteiger partial charge in [0, 0.05) is 0 Å². The zero-order valence-corrected chi connectivity index (χ0v) is 4.10. The highest BCUT2D eigenvalue weighted by molar-refractivity contribution is 5.20. The van der Waals surface area contributed by atoms with Crippen molar-refractivity contribution < 1.29 is 15.1 Å². The first-order valence-electron chi connectivity index (χ1n) is 1.39. The van der Waals surface area contributed by atoms with E-state index in [2.05, 4.69) is 6.58 Å². The third kappa shape index (κ3) is 56.9. The van der Waals surface area contributed by atoms with E-state index >= 15 is 0 Å². The third-order valence-corrected chi connectivity index (χ3v) is 0. The molecular formula is C4H8O3. The zero-order valence-electron chi connectivity index (χ0n) is 4.10. The van der Waals surface area contributed by atoms with Gasteiger partial charge in [-0.15, -0.1) is 6.58 Å². The molecule has 0 saturated heterocycles. The van der Waals surface area contributed by atoms with Gasteiger partial charge in [-0.25, -0.2) is 0 Å². The van der Waals surface area contributed by atoms with E-state index in [1.807, 2.05) is 6.92 Å². The van der Waals surface area contributed by atoms with Crippen molar-refractivity contribution in [2.75, 3.05) is 0 Å². The summed E-state index contributed by atoms with van der Waals surface area (Å²) < 4.78 is 0. The van der Waals surface area contributed by atoms with Crippen LogP contribution in [0.5, 0.6) is 0 Å². The molecule has 0 aliphatic rings. The van der Waals surface area contributed by atoms with Gasteiger partial charge >= 0.3 is 6.15 Å². The molecular weight excluding hydrogens is 96.0 g/mol. The molecule has 0 rings (SSSR count). The van der Waals surface area contributed by atoms with Crippen molar-refractivity contribution in [2.45, 2.75) is 6.92 Å². The topological polar surface area (TPSA) is 65.6 Å². The first-order chi connectivity index (χ1) is 2.83. The van der Waals surface area contributed by atoms with E-state index < -0.39 is 0 Å². The van der Waals surface area contributed by atoms with Crippen molar-refractivity contribution in [2.24, 2.45) is 0 Å². The van der Waals surface area contributed by atoms with Crippen LogP contribution in [-0.4, -0.2) is 11.6 Å². The van der Waals surface area contributed by atoms with E-state index in [9.17, 15) is 0 Å². The minimum absolute atomic E-state index is 0. The Labute approximate surface area is 42.0 Å². The average molecular weight is 104 g/mol. The van der Waals surface area contributed by atoms with E-state index in [0.717, 1.165) is 0 Å². The molecule has 7 heavy (non-hydrogen) atoms. The number of rotatable bonds is 0. The van der Waals surface area contributed by atoms with Crippen LogP contribution in [0.15, 0.2) is 12.7 Å². The minimum atomic E-state index is 0. The van der Waals surface area contributed by atoms with E-state index in [1.54, 1.807) is 6.08 Å². The first-order valence-corrected chi connectivity index (χ1v) is 1.39. The van der Waals surface area contributed by atoms with Gasteiger partial charge in [-0.05, 0) is 6.92 Å². The van der Waals surface area contributed by atoms with Crippen LogP contribution in [0.3, 0.4) is 0 Å². The second-order valence-corrected chi connectivity index (χ2v) is 0.492. The van der Waals surface area contributed by atoms with Crippen LogP contribution in [0, 0.1) is 0 Å². The lowest BCUT2D eigenvalue weighted by Gasteiger charge is -1.31. The van der Waals surface area contributed by atoms with Crippen molar-refractivity contribution in [3.05, 3.63) is 12.7 Å². The summed E-state index contributed by atoms with van der Waals surface area (Å²) in [4.78, 5) is 16.2. The van der Waals surface area contributed by atoms with Gasteiger partial charge in [0.1, 0.15) is 0 Å². The molecule has 0 aromatic carbocycles. The molecule has 0 bridgehead atoms. The van der Waals surface area contributed by atoms with Crippen molar-refractivity contribution >= 4 is 6.15 Å². The summed E-state index contributed by atoms with van der Waals surface area (Å²) in [5, 5.41) is 0. The highest BCUT2D eigenvalue weighted by Gasteiger charge is 1.15. The quantitative estimate of drug-likeness (QED) is 0.399. The number of carbonyl (C=O) groups excluding carboxylic acids is 2. The zero-order chi connectivity index (χ0) is 5.41. The molecule has 0 fully saturated rings. The number of allylic oxidation sites excluding steroid dienone is 1. The van der Waals surface area contributed by atoms with Crippen LogP contribution in [-0.2, 0) is 9.59 Å². The molecule has 0 amide bonds. The maximum atomic E-state index is 8.12. The van der Waals surface area contributed by atoms with Crippen LogP contribution >= 0.6 is 0 Å². The number of hydrogen-bond donors (Lipinski definition) is 0. The van der Waals surface area contributed by atoms with Crippen LogP contribution in [0.25, 0.3) is 0 Å². The maximum absolute atomic E-state index is 8.12. The Morgan fingerprint density at radius 1 is 1.57 bits per heavy atom. The molecule has 0 aliphatic heterocycles. The molecule has 0 heterocycles. The predicted octanol–water partition coefficient (Wildman–Crippen LogP) is -0.216. The molecule has 0 aromatic heterocycles. The molecule has 2 N–H and O–H groups in total. The van der Waals surface area contributed by atoms with Crippen LogP contribution in [0.2, 0.25) is 0 Å². The minimum Gasteiger partial charge on any atom is -0.412 e. The van der Waals surface area contributed by atoms with Crippen molar-refractivity contribution in [1.82, 2.24) is 0 Å². The third-order valence-electron chi connectivity index (χ3n) is 0. The molecule has 0 radical (unpaired) electrons. The fraction of sp³-hybridized carbons (Fsp3) is 0.250. The lowest BCUT2D eigenvalue weighted by Crippen LogP contribution is -1.22. The normalized spacial score (nSPS) is 3.00. The van der Waals surface area contributed by atoms with Crippen molar-refractivity contribution in [3.8, 4) is 0 Å². The van der Waals surface area contributed by atoms with Gasteiger partial charge in [0.15, 0.2) is 0 Å². The summed E-state index contributed by atoms with van der Waals surface area (Å²) in [6.07, 6.45) is 2.00. The van der Waals surface area contributed by atoms with Gasteiger partial charge in [-0.2, -0.15) is 9.59 Å². The second kappa shape index (κ2) is 72.5. The maximum Gasteiger partial charge on any atom is 0.373 e. The van der Waals surface area contributed by atoms with Crippen LogP contribution in [0.1, 0.15) is 6.92 Å². The fourth-order valence-electron chi connectivity index (χ4n) is 0. The lowest BCUT2D eigenvalue weighted by atomic mass is 10.8. The second-order valence-electron chi connectivity index (χ2n) is 0.492. The van der Waals surface area contributed by atoms with Gasteiger partial charge in [0.05, 0.1) is 0 Å². The largest absolute Gasteiger partial charge is 0.412 e. The Bertz CT molecular complexity index is 52.0. The fourth-order valence-corrected chi connectivity index (χ4v) is 0.